The lowest BCUT2D eigenvalue weighted by atomic mass is 10.1. The molecule has 1 N–H and O–H groups in total. The average Bonchev–Trinajstić information content (AvgIpc) is 3.34. The molecule has 0 aliphatic heterocycles. The van der Waals surface area contributed by atoms with E-state index in [1.165, 1.54) is 0 Å². The highest BCUT2D eigenvalue weighted by Crippen LogP contribution is 2.30. The van der Waals surface area contributed by atoms with Gasteiger partial charge in [-0.15, -0.1) is 0 Å². The van der Waals surface area contributed by atoms with Crippen molar-refractivity contribution in [2.45, 2.75) is 32.7 Å². The van der Waals surface area contributed by atoms with E-state index in [9.17, 15) is 9.59 Å². The molecule has 6 nitrogen and oxygen atoms in total. The minimum atomic E-state index is -0.884. The van der Waals surface area contributed by atoms with Crippen LogP contribution in [0.1, 0.15) is 35.8 Å². The van der Waals surface area contributed by atoms with Crippen LogP contribution in [0.3, 0.4) is 0 Å². The van der Waals surface area contributed by atoms with E-state index in [0.717, 1.165) is 24.2 Å². The summed E-state index contributed by atoms with van der Waals surface area (Å²) in [6.45, 7) is 3.72. The van der Waals surface area contributed by atoms with Crippen LogP contribution in [-0.4, -0.2) is 44.3 Å². The normalized spacial score (nSPS) is 15.1. The predicted molar refractivity (Wildman–Crippen MR) is 89.2 cm³/mol. The summed E-state index contributed by atoms with van der Waals surface area (Å²) < 4.78 is 1.74. The minimum absolute atomic E-state index is 0.134. The van der Waals surface area contributed by atoms with Gasteiger partial charge in [-0.3, -0.25) is 9.59 Å². The van der Waals surface area contributed by atoms with Crippen molar-refractivity contribution >= 4 is 11.9 Å². The van der Waals surface area contributed by atoms with Gasteiger partial charge in [0, 0.05) is 12.6 Å². The lowest BCUT2D eigenvalue weighted by Crippen LogP contribution is -2.38. The molecule has 1 aromatic heterocycles. The molecule has 6 heteroatoms. The van der Waals surface area contributed by atoms with Gasteiger partial charge in [-0.2, -0.15) is 5.10 Å². The number of amides is 1. The maximum Gasteiger partial charge on any atom is 0.308 e. The number of carbonyl (C=O) groups is 2. The Morgan fingerprint density at radius 3 is 2.58 bits per heavy atom. The van der Waals surface area contributed by atoms with Crippen molar-refractivity contribution in [3.63, 3.8) is 0 Å². The molecule has 1 fully saturated rings. The third-order valence-corrected chi connectivity index (χ3v) is 4.38. The Balaban J connectivity index is 1.86. The number of rotatable bonds is 6. The van der Waals surface area contributed by atoms with Crippen LogP contribution in [0.4, 0.5) is 0 Å². The van der Waals surface area contributed by atoms with Crippen molar-refractivity contribution in [2.24, 2.45) is 5.92 Å². The van der Waals surface area contributed by atoms with Crippen molar-refractivity contribution in [3.05, 3.63) is 47.8 Å². The zero-order valence-electron chi connectivity index (χ0n) is 13.8. The number of hydrogen-bond acceptors (Lipinski definition) is 3. The predicted octanol–water partition coefficient (Wildman–Crippen LogP) is 2.51. The van der Waals surface area contributed by atoms with Crippen molar-refractivity contribution in [1.82, 2.24) is 14.7 Å². The minimum Gasteiger partial charge on any atom is -0.481 e. The third kappa shape index (κ3) is 3.18. The number of hydrogen-bond donors (Lipinski definition) is 1. The zero-order chi connectivity index (χ0) is 17.3. The van der Waals surface area contributed by atoms with Gasteiger partial charge >= 0.3 is 5.97 Å². The Morgan fingerprint density at radius 1 is 1.33 bits per heavy atom. The van der Waals surface area contributed by atoms with Crippen LogP contribution in [0.2, 0.25) is 0 Å². The Labute approximate surface area is 140 Å². The molecule has 24 heavy (non-hydrogen) atoms. The van der Waals surface area contributed by atoms with E-state index >= 15 is 0 Å². The highest BCUT2D eigenvalue weighted by molar-refractivity contribution is 5.95. The van der Waals surface area contributed by atoms with E-state index in [2.05, 4.69) is 5.10 Å². The largest absolute Gasteiger partial charge is 0.481 e. The highest BCUT2D eigenvalue weighted by Gasteiger charge is 2.36. The fourth-order valence-corrected chi connectivity index (χ4v) is 2.76. The Bertz CT molecular complexity index is 750. The van der Waals surface area contributed by atoms with Crippen LogP contribution in [0, 0.1) is 12.8 Å². The summed E-state index contributed by atoms with van der Waals surface area (Å²) in [7, 11) is 0. The van der Waals surface area contributed by atoms with Crippen LogP contribution in [0.15, 0.2) is 36.5 Å². The Hall–Kier alpha value is -2.63. The van der Waals surface area contributed by atoms with Gasteiger partial charge in [0.1, 0.15) is 0 Å². The molecule has 1 aliphatic carbocycles. The van der Waals surface area contributed by atoms with Crippen LogP contribution in [0.5, 0.6) is 0 Å². The lowest BCUT2D eigenvalue weighted by molar-refractivity contribution is -0.141. The van der Waals surface area contributed by atoms with E-state index in [1.807, 2.05) is 37.3 Å². The molecule has 1 amide bonds. The van der Waals surface area contributed by atoms with Gasteiger partial charge in [0.05, 0.1) is 29.1 Å². The molecule has 1 saturated carbocycles. The molecular weight excluding hydrogens is 306 g/mol. The fourth-order valence-electron chi connectivity index (χ4n) is 2.76. The second-order valence-corrected chi connectivity index (χ2v) is 6.32. The number of nitrogens with zero attached hydrogens (tertiary/aromatic N) is 3. The van der Waals surface area contributed by atoms with Gasteiger partial charge in [-0.25, -0.2) is 4.68 Å². The van der Waals surface area contributed by atoms with Gasteiger partial charge in [-0.1, -0.05) is 25.1 Å². The summed E-state index contributed by atoms with van der Waals surface area (Å²) in [6, 6.07) is 9.78. The topological polar surface area (TPSA) is 75.4 Å². The second kappa shape index (κ2) is 6.47. The van der Waals surface area contributed by atoms with Gasteiger partial charge in [-0.05, 0) is 31.9 Å². The molecular formula is C18H21N3O3. The van der Waals surface area contributed by atoms with Crippen LogP contribution >= 0.6 is 0 Å². The standard InChI is InChI=1S/C18H21N3O3/c1-12(18(23)24)11-20(14-8-9-14)17(22)16-10-19-21(13(16)2)15-6-4-3-5-7-15/h3-7,10,12,14H,8-9,11H2,1-2H3,(H,23,24). The van der Waals surface area contributed by atoms with E-state index in [-0.39, 0.29) is 18.5 Å². The third-order valence-electron chi connectivity index (χ3n) is 4.38. The maximum absolute atomic E-state index is 12.9. The maximum atomic E-state index is 12.9. The first kappa shape index (κ1) is 16.2. The van der Waals surface area contributed by atoms with Gasteiger partial charge < -0.3 is 10.0 Å². The molecule has 0 spiro atoms. The van der Waals surface area contributed by atoms with Gasteiger partial charge in [0.25, 0.3) is 5.91 Å². The Morgan fingerprint density at radius 2 is 2.00 bits per heavy atom. The fraction of sp³-hybridized carbons (Fsp3) is 0.389. The summed E-state index contributed by atoms with van der Waals surface area (Å²) >= 11 is 0. The molecule has 1 aliphatic rings. The molecule has 2 aromatic rings. The second-order valence-electron chi connectivity index (χ2n) is 6.32. The van der Waals surface area contributed by atoms with Crippen molar-refractivity contribution in [1.29, 1.82) is 0 Å². The first-order valence-corrected chi connectivity index (χ1v) is 8.13. The number of aliphatic carboxylic acids is 1. The summed E-state index contributed by atoms with van der Waals surface area (Å²) in [5, 5.41) is 13.5. The lowest BCUT2D eigenvalue weighted by Gasteiger charge is -2.24. The van der Waals surface area contributed by atoms with Crippen molar-refractivity contribution in [2.75, 3.05) is 6.54 Å². The monoisotopic (exact) mass is 327 g/mol. The number of benzene rings is 1. The molecule has 1 heterocycles. The summed E-state index contributed by atoms with van der Waals surface area (Å²) in [6.07, 6.45) is 3.44. The molecule has 0 bridgehead atoms. The Kier molecular flexibility index (Phi) is 4.38. The first-order chi connectivity index (χ1) is 11.5. The SMILES string of the molecule is Cc1c(C(=O)N(CC(C)C(=O)O)C2CC2)cnn1-c1ccccc1. The first-order valence-electron chi connectivity index (χ1n) is 8.13. The van der Waals surface area contributed by atoms with Crippen LogP contribution < -0.4 is 0 Å². The highest BCUT2D eigenvalue weighted by atomic mass is 16.4. The molecule has 1 aromatic carbocycles. The zero-order valence-corrected chi connectivity index (χ0v) is 13.8. The number of carboxylic acids is 1. The number of carboxylic acid groups (broad SMARTS) is 1. The molecule has 1 atom stereocenters. The summed E-state index contributed by atoms with van der Waals surface area (Å²) in [4.78, 5) is 25.8. The molecule has 126 valence electrons. The van der Waals surface area contributed by atoms with E-state index in [0.29, 0.717) is 5.56 Å². The smallest absolute Gasteiger partial charge is 0.308 e. The van der Waals surface area contributed by atoms with Crippen molar-refractivity contribution in [3.8, 4) is 5.69 Å². The molecule has 0 saturated heterocycles. The molecule has 1 unspecified atom stereocenters. The number of para-hydroxylation sites is 1. The van der Waals surface area contributed by atoms with Gasteiger partial charge in [0.15, 0.2) is 0 Å². The number of carbonyl (C=O) groups excluding carboxylic acids is 1. The van der Waals surface area contributed by atoms with E-state index in [1.54, 1.807) is 22.7 Å². The summed E-state index contributed by atoms with van der Waals surface area (Å²) in [5.41, 5.74) is 2.19. The van der Waals surface area contributed by atoms with E-state index in [4.69, 9.17) is 5.11 Å². The van der Waals surface area contributed by atoms with Crippen LogP contribution in [-0.2, 0) is 4.79 Å². The van der Waals surface area contributed by atoms with Crippen LogP contribution in [0.25, 0.3) is 5.69 Å². The molecule has 3 rings (SSSR count). The average molecular weight is 327 g/mol. The van der Waals surface area contributed by atoms with Crippen molar-refractivity contribution < 1.29 is 14.7 Å². The summed E-state index contributed by atoms with van der Waals surface area (Å²) in [5.74, 6) is -1.60. The quantitative estimate of drug-likeness (QED) is 0.884. The van der Waals surface area contributed by atoms with Gasteiger partial charge in [0.2, 0.25) is 0 Å². The van der Waals surface area contributed by atoms with E-state index < -0.39 is 11.9 Å². The number of aromatic nitrogens is 2. The molecule has 0 radical (unpaired) electrons.